The quantitative estimate of drug-likeness (QED) is 0.0162. The van der Waals surface area contributed by atoms with Crippen molar-refractivity contribution in [3.8, 4) is 33.4 Å². The number of carboxylic acid groups (broad SMARTS) is 6. The van der Waals surface area contributed by atoms with Gasteiger partial charge in [-0.2, -0.15) is 0 Å². The fraction of sp³-hybridized carbons (Fsp3) is 0.203. The van der Waals surface area contributed by atoms with Gasteiger partial charge in [0.15, 0.2) is 0 Å². The van der Waals surface area contributed by atoms with Gasteiger partial charge < -0.3 is 61.5 Å². The molecule has 0 aliphatic heterocycles. The van der Waals surface area contributed by atoms with Crippen LogP contribution in [0.2, 0.25) is 0 Å². The first-order valence-electron chi connectivity index (χ1n) is 27.6. The summed E-state index contributed by atoms with van der Waals surface area (Å²) in [6, 6.07) is 29.3. The average molecular weight is 1200 g/mol. The highest BCUT2D eigenvalue weighted by molar-refractivity contribution is 6.00. The number of H-pyrrole nitrogens is 3. The number of amides is 3. The molecule has 9 rings (SSSR count). The van der Waals surface area contributed by atoms with E-state index in [4.69, 9.17) is 0 Å². The Labute approximate surface area is 498 Å². The van der Waals surface area contributed by atoms with Crippen LogP contribution < -0.4 is 16.0 Å². The third kappa shape index (κ3) is 13.7. The number of hydrogen-bond acceptors (Lipinski definition) is 11. The van der Waals surface area contributed by atoms with Crippen molar-refractivity contribution in [2.75, 3.05) is 0 Å². The predicted octanol–water partition coefficient (Wildman–Crippen LogP) is 8.32. The highest BCUT2D eigenvalue weighted by Crippen LogP contribution is 2.35. The van der Waals surface area contributed by atoms with Crippen molar-refractivity contribution in [1.29, 1.82) is 0 Å². The minimum Gasteiger partial charge on any atom is -0.480 e. The zero-order valence-corrected chi connectivity index (χ0v) is 46.6. The maximum atomic E-state index is 13.8. The van der Waals surface area contributed by atoms with Gasteiger partial charge in [-0.15, -0.1) is 0 Å². The number of fused-ring (bicyclic) bond motifs is 3. The minimum absolute atomic E-state index is 0.0734. The summed E-state index contributed by atoms with van der Waals surface area (Å²) in [4.78, 5) is 136. The highest BCUT2D eigenvalue weighted by Gasteiger charge is 2.44. The van der Waals surface area contributed by atoms with E-state index in [1.807, 2.05) is 0 Å². The summed E-state index contributed by atoms with van der Waals surface area (Å²) in [5.74, 6) is -10.5. The van der Waals surface area contributed by atoms with Gasteiger partial charge >= 0.3 is 35.8 Å². The summed E-state index contributed by atoms with van der Waals surface area (Å²) in [6.45, 7) is 0. The summed E-state index contributed by atoms with van der Waals surface area (Å²) in [5.41, 5.74) is 5.13. The van der Waals surface area contributed by atoms with Crippen LogP contribution in [0.15, 0.2) is 146 Å². The van der Waals surface area contributed by atoms with Gasteiger partial charge in [0.1, 0.15) is 18.1 Å². The van der Waals surface area contributed by atoms with Gasteiger partial charge in [0.25, 0.3) is 0 Å². The van der Waals surface area contributed by atoms with Crippen molar-refractivity contribution < 1.29 is 78.7 Å². The van der Waals surface area contributed by atoms with E-state index in [-0.39, 0.29) is 36.0 Å². The average Bonchev–Trinajstić information content (AvgIpc) is 2.08. The lowest BCUT2D eigenvalue weighted by molar-refractivity contribution is -0.573. The van der Waals surface area contributed by atoms with Crippen molar-refractivity contribution >= 4 is 86.2 Å². The van der Waals surface area contributed by atoms with Crippen molar-refractivity contribution in [2.24, 2.45) is 0 Å². The summed E-state index contributed by atoms with van der Waals surface area (Å²) in [7, 11) is 0. The summed E-state index contributed by atoms with van der Waals surface area (Å²) in [5, 5.41) is 81.8. The fourth-order valence-corrected chi connectivity index (χ4v) is 11.0. The number of carbonyl (C=O) groups is 9. The number of aromatic amines is 3. The molecule has 12 N–H and O–H groups in total. The molecule has 88 heavy (non-hydrogen) atoms. The zero-order valence-electron chi connectivity index (χ0n) is 46.6. The largest absolute Gasteiger partial charge is 0.480 e. The maximum Gasteiger partial charge on any atom is 0.335 e. The van der Waals surface area contributed by atoms with E-state index < -0.39 is 121 Å². The SMILES string of the molecule is O=C(CCC(CCC(=O)NC(Cc1c[nH]c2c(-c3ccc(C(=O)O)cc3)cccc12)C(=O)O)(CCC(=O)NC(Cc1c[nH]c2c(-c3ccc(C(=O)O)cc3)cccc12)C(=O)O)[N+](=O)[O-])NC(Cc1c[nH]c2c(-c3ccc(C(=O)O)cc3)cccc12)C(=O)O. The number of nitrogens with one attached hydrogen (secondary N) is 6. The molecule has 0 saturated heterocycles. The van der Waals surface area contributed by atoms with Gasteiger partial charge in [-0.3, -0.25) is 24.5 Å². The molecular formula is C64H57N7O17. The van der Waals surface area contributed by atoms with Crippen LogP contribution in [0.1, 0.15) is 86.3 Å². The number of aromatic nitrogens is 3. The summed E-state index contributed by atoms with van der Waals surface area (Å²) < 4.78 is 0. The van der Waals surface area contributed by atoms with Crippen LogP contribution >= 0.6 is 0 Å². The first-order valence-corrected chi connectivity index (χ1v) is 27.6. The summed E-state index contributed by atoms with van der Waals surface area (Å²) >= 11 is 0. The Morgan fingerprint density at radius 2 is 0.670 bits per heavy atom. The number of carboxylic acids is 6. The molecule has 6 aromatic carbocycles. The van der Waals surface area contributed by atoms with Gasteiger partial charge in [-0.05, 0) is 69.8 Å². The van der Waals surface area contributed by atoms with Crippen molar-refractivity contribution in [2.45, 2.75) is 81.5 Å². The van der Waals surface area contributed by atoms with Crippen LogP contribution in [-0.2, 0) is 48.0 Å². The van der Waals surface area contributed by atoms with Crippen molar-refractivity contribution in [3.05, 3.63) is 189 Å². The Kier molecular flexibility index (Phi) is 18.2. The van der Waals surface area contributed by atoms with E-state index in [1.54, 1.807) is 110 Å². The molecule has 3 atom stereocenters. The zero-order chi connectivity index (χ0) is 63.0. The molecule has 0 fully saturated rings. The molecule has 0 radical (unpaired) electrons. The molecule has 0 aliphatic carbocycles. The molecule has 3 amide bonds. The fourth-order valence-electron chi connectivity index (χ4n) is 11.0. The predicted molar refractivity (Wildman–Crippen MR) is 319 cm³/mol. The van der Waals surface area contributed by atoms with Gasteiger partial charge in [0.2, 0.25) is 23.3 Å². The maximum absolute atomic E-state index is 13.8. The molecule has 24 heteroatoms. The number of hydrogen-bond donors (Lipinski definition) is 12. The third-order valence-corrected chi connectivity index (χ3v) is 15.7. The van der Waals surface area contributed by atoms with Crippen molar-refractivity contribution in [1.82, 2.24) is 30.9 Å². The molecule has 3 aromatic heterocycles. The number of carbonyl (C=O) groups excluding carboxylic acids is 3. The van der Waals surface area contributed by atoms with Crippen LogP contribution in [0.25, 0.3) is 66.1 Å². The molecule has 0 bridgehead atoms. The van der Waals surface area contributed by atoms with E-state index in [9.17, 15) is 83.9 Å². The van der Waals surface area contributed by atoms with Crippen LogP contribution in [0, 0.1) is 10.1 Å². The molecule has 3 heterocycles. The first-order chi connectivity index (χ1) is 42.1. The van der Waals surface area contributed by atoms with Gasteiger partial charge in [0, 0.05) is 114 Å². The lowest BCUT2D eigenvalue weighted by Crippen LogP contribution is -2.47. The van der Waals surface area contributed by atoms with Gasteiger partial charge in [0.05, 0.1) is 33.2 Å². The molecule has 450 valence electrons. The van der Waals surface area contributed by atoms with Crippen LogP contribution in [-0.4, -0.2) is 128 Å². The topological polar surface area (TPSA) is 402 Å². The van der Waals surface area contributed by atoms with Gasteiger partial charge in [-0.1, -0.05) is 91.0 Å². The van der Waals surface area contributed by atoms with Crippen LogP contribution in [0.4, 0.5) is 0 Å². The van der Waals surface area contributed by atoms with E-state index in [2.05, 4.69) is 30.9 Å². The van der Waals surface area contributed by atoms with Crippen molar-refractivity contribution in [3.63, 3.8) is 0 Å². The summed E-state index contributed by atoms with van der Waals surface area (Å²) in [6.07, 6.45) is -0.224. The Morgan fingerprint density at radius 1 is 0.409 bits per heavy atom. The van der Waals surface area contributed by atoms with E-state index in [0.717, 1.165) is 0 Å². The number of rotatable bonds is 28. The normalized spacial score (nSPS) is 13.0. The van der Waals surface area contributed by atoms with E-state index >= 15 is 0 Å². The van der Waals surface area contributed by atoms with Crippen LogP contribution in [0.5, 0.6) is 0 Å². The number of aliphatic carboxylic acids is 3. The Hall–Kier alpha value is -11.4. The highest BCUT2D eigenvalue weighted by atomic mass is 16.6. The van der Waals surface area contributed by atoms with Gasteiger partial charge in [-0.25, -0.2) is 28.8 Å². The van der Waals surface area contributed by atoms with E-state index in [0.29, 0.717) is 82.8 Å². The number of nitrogens with zero attached hydrogens (tertiary/aromatic N) is 1. The molecule has 0 spiro atoms. The second-order valence-corrected chi connectivity index (χ2v) is 21.2. The number of para-hydroxylation sites is 3. The Morgan fingerprint density at radius 3 is 0.898 bits per heavy atom. The molecule has 9 aromatic rings. The minimum atomic E-state index is -2.30. The van der Waals surface area contributed by atoms with E-state index in [1.165, 1.54) is 36.4 Å². The smallest absolute Gasteiger partial charge is 0.335 e. The Bertz CT molecular complexity index is 3790. The van der Waals surface area contributed by atoms with Crippen LogP contribution in [0.3, 0.4) is 0 Å². The first kappa shape index (κ1) is 61.1. The molecule has 0 aliphatic rings. The number of benzene rings is 6. The molecular weight excluding hydrogens is 1140 g/mol. The molecule has 0 saturated carbocycles. The third-order valence-electron chi connectivity index (χ3n) is 15.7. The standard InChI is InChI=1S/C64H57N7O17/c72-52(68-49(61(81)82)28-40-31-65-55-43(4-1-7-46(40)55)34-10-16-37(17-11-34)58(75)76)22-25-64(71(87)88,26-23-53(73)69-50(62(83)84)29-41-32-66-56-44(5-2-8-47(41)56)35-12-18-38(19-13-35)59(77)78)27-24-54(74)70-51(63(85)86)30-42-33-67-57-45(6-3-9-48(42)57)36-14-20-39(21-15-36)60(79)80/h1-21,31-33,49-51,65-67H,22-30H2,(H,68,72)(H,69,73)(H,70,74)(H,75,76)(H,77,78)(H,79,80)(H,81,82)(H,83,84)(H,85,86). The monoisotopic (exact) mass is 1200 g/mol. The second kappa shape index (κ2) is 26.2. The lowest BCUT2D eigenvalue weighted by atomic mass is 9.83. The molecule has 24 nitrogen and oxygen atoms in total. The second-order valence-electron chi connectivity index (χ2n) is 21.2. The molecule has 3 unspecified atom stereocenters. The Balaban J connectivity index is 0.918. The number of aromatic carboxylic acids is 3. The lowest BCUT2D eigenvalue weighted by Gasteiger charge is -2.26. The number of nitro groups is 1.